The summed E-state index contributed by atoms with van der Waals surface area (Å²) in [4.78, 5) is 9.83. The Morgan fingerprint density at radius 1 is 1.00 bits per heavy atom. The first-order valence-electron chi connectivity index (χ1n) is 6.26. The zero-order chi connectivity index (χ0) is 17.3. The molecule has 0 amide bonds. The van der Waals surface area contributed by atoms with E-state index in [9.17, 15) is 23.3 Å². The first-order valence-corrected chi connectivity index (χ1v) is 6.26. The van der Waals surface area contributed by atoms with Crippen molar-refractivity contribution in [2.24, 2.45) is 0 Å². The predicted octanol–water partition coefficient (Wildman–Crippen LogP) is 3.80. The maximum atomic E-state index is 12.1. The minimum Gasteiger partial charge on any atom is -0.413 e. The van der Waals surface area contributed by atoms with Crippen molar-refractivity contribution < 1.29 is 31.7 Å². The van der Waals surface area contributed by atoms with Crippen LogP contribution in [0, 0.1) is 10.1 Å². The van der Waals surface area contributed by atoms with Gasteiger partial charge in [-0.2, -0.15) is 0 Å². The number of furan rings is 1. The van der Waals surface area contributed by atoms with Crippen LogP contribution in [0.25, 0.3) is 23.1 Å². The third-order valence-electron chi connectivity index (χ3n) is 2.74. The van der Waals surface area contributed by atoms with Crippen LogP contribution < -0.4 is 4.74 Å². The van der Waals surface area contributed by atoms with Crippen LogP contribution in [0.1, 0.15) is 0 Å². The lowest BCUT2D eigenvalue weighted by Gasteiger charge is -2.08. The van der Waals surface area contributed by atoms with Crippen LogP contribution in [0.5, 0.6) is 5.75 Å². The molecule has 0 unspecified atom stereocenters. The molecule has 0 N–H and O–H groups in total. The van der Waals surface area contributed by atoms with Gasteiger partial charge in [-0.1, -0.05) is 0 Å². The molecule has 0 aliphatic heterocycles. The summed E-state index contributed by atoms with van der Waals surface area (Å²) >= 11 is 0. The molecule has 1 aromatic carbocycles. The van der Waals surface area contributed by atoms with Crippen molar-refractivity contribution in [1.82, 2.24) is 10.2 Å². The Morgan fingerprint density at radius 2 is 1.67 bits per heavy atom. The molecule has 24 heavy (non-hydrogen) atoms. The molecule has 8 nitrogen and oxygen atoms in total. The van der Waals surface area contributed by atoms with E-state index in [1.165, 1.54) is 18.2 Å². The molecule has 0 radical (unpaired) electrons. The molecule has 0 fully saturated rings. The summed E-state index contributed by atoms with van der Waals surface area (Å²) in [6.07, 6.45) is -4.78. The van der Waals surface area contributed by atoms with E-state index in [1.54, 1.807) is 0 Å². The van der Waals surface area contributed by atoms with E-state index < -0.39 is 22.9 Å². The largest absolute Gasteiger partial charge is 0.573 e. The number of benzene rings is 1. The lowest BCUT2D eigenvalue weighted by molar-refractivity contribution is -0.401. The molecule has 0 spiro atoms. The summed E-state index contributed by atoms with van der Waals surface area (Å²) in [7, 11) is 0. The molecule has 3 aromatic rings. The van der Waals surface area contributed by atoms with Crippen molar-refractivity contribution in [3.05, 3.63) is 46.5 Å². The predicted molar refractivity (Wildman–Crippen MR) is 70.8 cm³/mol. The van der Waals surface area contributed by atoms with E-state index in [2.05, 4.69) is 14.9 Å². The minimum absolute atomic E-state index is 0.00234. The van der Waals surface area contributed by atoms with Gasteiger partial charge in [0.15, 0.2) is 5.76 Å². The number of nitrogens with zero attached hydrogens (tertiary/aromatic N) is 3. The van der Waals surface area contributed by atoms with E-state index in [0.717, 1.165) is 18.2 Å². The Morgan fingerprint density at radius 3 is 2.25 bits per heavy atom. The summed E-state index contributed by atoms with van der Waals surface area (Å²) in [6.45, 7) is 0. The Balaban J connectivity index is 1.81. The Labute approximate surface area is 130 Å². The number of alkyl halides is 3. The molecule has 0 atom stereocenters. The molecule has 0 bridgehead atoms. The molecule has 2 heterocycles. The maximum Gasteiger partial charge on any atom is 0.573 e. The van der Waals surface area contributed by atoms with E-state index in [1.807, 2.05) is 0 Å². The van der Waals surface area contributed by atoms with Crippen LogP contribution in [0.15, 0.2) is 45.2 Å². The van der Waals surface area contributed by atoms with Gasteiger partial charge in [-0.05, 0) is 30.3 Å². The molecule has 0 saturated heterocycles. The van der Waals surface area contributed by atoms with E-state index in [0.29, 0.717) is 5.56 Å². The highest BCUT2D eigenvalue weighted by molar-refractivity contribution is 5.56. The van der Waals surface area contributed by atoms with Gasteiger partial charge in [-0.25, -0.2) is 0 Å². The average Bonchev–Trinajstić information content (AvgIpc) is 3.15. The van der Waals surface area contributed by atoms with Gasteiger partial charge in [-0.15, -0.1) is 23.4 Å². The van der Waals surface area contributed by atoms with Gasteiger partial charge in [0.1, 0.15) is 10.7 Å². The second-order valence-corrected chi connectivity index (χ2v) is 4.38. The zero-order valence-corrected chi connectivity index (χ0v) is 11.5. The van der Waals surface area contributed by atoms with Gasteiger partial charge in [-0.3, -0.25) is 10.1 Å². The van der Waals surface area contributed by atoms with Crippen LogP contribution in [-0.4, -0.2) is 21.5 Å². The van der Waals surface area contributed by atoms with Crippen molar-refractivity contribution in [2.45, 2.75) is 6.36 Å². The zero-order valence-electron chi connectivity index (χ0n) is 11.5. The SMILES string of the molecule is O=[N+]([O-])c1ccc(-c2nnc(-c3ccc(OC(F)(F)F)cc3)o2)o1. The quantitative estimate of drug-likeness (QED) is 0.525. The number of rotatable bonds is 4. The minimum atomic E-state index is -4.78. The van der Waals surface area contributed by atoms with Gasteiger partial charge < -0.3 is 13.6 Å². The fourth-order valence-corrected chi connectivity index (χ4v) is 1.78. The highest BCUT2D eigenvalue weighted by Gasteiger charge is 2.31. The monoisotopic (exact) mass is 341 g/mol. The lowest BCUT2D eigenvalue weighted by atomic mass is 10.2. The second kappa shape index (κ2) is 5.68. The number of hydrogen-bond donors (Lipinski definition) is 0. The first-order chi connectivity index (χ1) is 11.3. The molecule has 0 aliphatic rings. The summed E-state index contributed by atoms with van der Waals surface area (Å²) in [5.74, 6) is -0.986. The third kappa shape index (κ3) is 3.34. The smallest absolute Gasteiger partial charge is 0.413 e. The van der Waals surface area contributed by atoms with Crippen molar-refractivity contribution in [3.8, 4) is 28.9 Å². The Bertz CT molecular complexity index is 870. The summed E-state index contributed by atoms with van der Waals surface area (Å²) < 4.78 is 50.2. The van der Waals surface area contributed by atoms with Gasteiger partial charge in [0.05, 0.1) is 6.07 Å². The van der Waals surface area contributed by atoms with Crippen LogP contribution in [0.3, 0.4) is 0 Å². The number of halogens is 3. The van der Waals surface area contributed by atoms with E-state index in [-0.39, 0.29) is 17.5 Å². The number of nitro groups is 1. The summed E-state index contributed by atoms with van der Waals surface area (Å²) in [6, 6.07) is 7.18. The van der Waals surface area contributed by atoms with Crippen LogP contribution in [-0.2, 0) is 0 Å². The molecule has 0 saturated carbocycles. The Kier molecular flexibility index (Phi) is 3.67. The van der Waals surface area contributed by atoms with Crippen molar-refractivity contribution in [3.63, 3.8) is 0 Å². The van der Waals surface area contributed by atoms with Gasteiger partial charge in [0.25, 0.3) is 5.89 Å². The van der Waals surface area contributed by atoms with Crippen molar-refractivity contribution >= 4 is 5.88 Å². The first kappa shape index (κ1) is 15.5. The lowest BCUT2D eigenvalue weighted by Crippen LogP contribution is -2.16. The summed E-state index contributed by atoms with van der Waals surface area (Å²) in [5, 5.41) is 17.9. The van der Waals surface area contributed by atoms with Gasteiger partial charge in [0.2, 0.25) is 5.89 Å². The van der Waals surface area contributed by atoms with E-state index >= 15 is 0 Å². The number of ether oxygens (including phenoxy) is 1. The molecular weight excluding hydrogens is 335 g/mol. The molecule has 124 valence electrons. The molecule has 0 aliphatic carbocycles. The van der Waals surface area contributed by atoms with Crippen LogP contribution in [0.2, 0.25) is 0 Å². The number of aromatic nitrogens is 2. The fraction of sp³-hybridized carbons (Fsp3) is 0.0769. The van der Waals surface area contributed by atoms with Crippen LogP contribution in [0.4, 0.5) is 19.1 Å². The topological polar surface area (TPSA) is 104 Å². The fourth-order valence-electron chi connectivity index (χ4n) is 1.78. The Hall–Kier alpha value is -3.37. The summed E-state index contributed by atoms with van der Waals surface area (Å²) in [5.41, 5.74) is 0.337. The molecule has 3 rings (SSSR count). The third-order valence-corrected chi connectivity index (χ3v) is 2.74. The van der Waals surface area contributed by atoms with Crippen molar-refractivity contribution in [2.75, 3.05) is 0 Å². The van der Waals surface area contributed by atoms with Gasteiger partial charge in [0, 0.05) is 5.56 Å². The normalized spacial score (nSPS) is 11.5. The highest BCUT2D eigenvalue weighted by Crippen LogP contribution is 2.29. The molecule has 2 aromatic heterocycles. The van der Waals surface area contributed by atoms with Crippen LogP contribution >= 0.6 is 0 Å². The molecule has 11 heteroatoms. The highest BCUT2D eigenvalue weighted by atomic mass is 19.4. The average molecular weight is 341 g/mol. The maximum absolute atomic E-state index is 12.1. The van der Waals surface area contributed by atoms with Gasteiger partial charge >= 0.3 is 12.2 Å². The van der Waals surface area contributed by atoms with Crippen molar-refractivity contribution in [1.29, 1.82) is 0 Å². The van der Waals surface area contributed by atoms with E-state index in [4.69, 9.17) is 8.83 Å². The number of hydrogen-bond acceptors (Lipinski definition) is 7. The molecular formula is C13H6F3N3O5. The standard InChI is InChI=1S/C13H6F3N3O5/c14-13(15,16)24-8-3-1-7(2-4-8)11-17-18-12(23-11)9-5-6-10(22-9)19(20)21/h1-6H. The second-order valence-electron chi connectivity index (χ2n) is 4.38.